The zero-order valence-corrected chi connectivity index (χ0v) is 14.5. The van der Waals surface area contributed by atoms with Crippen LogP contribution in [0, 0.1) is 0 Å². The third kappa shape index (κ3) is 5.61. The summed E-state index contributed by atoms with van der Waals surface area (Å²) in [4.78, 5) is 33.2. The Morgan fingerprint density at radius 3 is 2.64 bits per heavy atom. The van der Waals surface area contributed by atoms with Crippen molar-refractivity contribution in [1.82, 2.24) is 9.97 Å². The molecule has 1 heterocycles. The van der Waals surface area contributed by atoms with Gasteiger partial charge >= 0.3 is 5.97 Å². The molecule has 0 atom stereocenters. The molecule has 0 saturated heterocycles. The zero-order valence-electron chi connectivity index (χ0n) is 13.7. The Labute approximate surface area is 149 Å². The van der Waals surface area contributed by atoms with Gasteiger partial charge in [0.15, 0.2) is 6.61 Å². The minimum absolute atomic E-state index is 0.0777. The van der Waals surface area contributed by atoms with E-state index in [0.29, 0.717) is 22.4 Å². The van der Waals surface area contributed by atoms with Crippen molar-refractivity contribution < 1.29 is 19.1 Å². The van der Waals surface area contributed by atoms with E-state index in [1.54, 1.807) is 43.7 Å². The largest absolute Gasteiger partial charge is 0.495 e. The summed E-state index contributed by atoms with van der Waals surface area (Å²) in [6.07, 6.45) is 3.13. The van der Waals surface area contributed by atoms with Crippen molar-refractivity contribution in [2.45, 2.75) is 0 Å². The quantitative estimate of drug-likeness (QED) is 0.748. The lowest BCUT2D eigenvalue weighted by Crippen LogP contribution is -2.30. The maximum absolute atomic E-state index is 11.8. The number of methoxy groups -OCH3 is 1. The third-order valence-electron chi connectivity index (χ3n) is 3.06. The molecule has 0 aliphatic carbocycles. The van der Waals surface area contributed by atoms with Crippen LogP contribution in [0.4, 0.5) is 11.6 Å². The number of anilines is 2. The molecule has 0 aliphatic rings. The van der Waals surface area contributed by atoms with Gasteiger partial charge < -0.3 is 19.7 Å². The molecule has 0 bridgehead atoms. The van der Waals surface area contributed by atoms with E-state index < -0.39 is 18.5 Å². The SMILES string of the molecule is COc1ccc(NC(=O)COC(=O)CN(C)c2ncccn2)cc1Cl. The molecule has 0 aliphatic heterocycles. The highest BCUT2D eigenvalue weighted by Gasteiger charge is 2.13. The molecule has 8 nitrogen and oxygen atoms in total. The molecule has 132 valence electrons. The highest BCUT2D eigenvalue weighted by molar-refractivity contribution is 6.32. The third-order valence-corrected chi connectivity index (χ3v) is 3.36. The maximum Gasteiger partial charge on any atom is 0.326 e. The molecule has 9 heteroatoms. The number of hydrogen-bond donors (Lipinski definition) is 1. The standard InChI is InChI=1S/C16H17ClN4O4/c1-21(16-18-6-3-7-19-16)9-15(23)25-10-14(22)20-11-4-5-13(24-2)12(17)8-11/h3-8H,9-10H2,1-2H3,(H,20,22). The number of esters is 1. The van der Waals surface area contributed by atoms with E-state index in [4.69, 9.17) is 21.1 Å². The van der Waals surface area contributed by atoms with Crippen LogP contribution in [-0.4, -0.2) is 49.2 Å². The van der Waals surface area contributed by atoms with Crippen LogP contribution in [0.3, 0.4) is 0 Å². The number of rotatable bonds is 7. The Kier molecular flexibility index (Phi) is 6.53. The monoisotopic (exact) mass is 364 g/mol. The Hall–Kier alpha value is -2.87. The number of ether oxygens (including phenoxy) is 2. The second kappa shape index (κ2) is 8.84. The van der Waals surface area contributed by atoms with Gasteiger partial charge in [0, 0.05) is 25.1 Å². The Balaban J connectivity index is 1.79. The molecule has 1 aromatic carbocycles. The van der Waals surface area contributed by atoms with Crippen molar-refractivity contribution in [3.05, 3.63) is 41.7 Å². The summed E-state index contributed by atoms with van der Waals surface area (Å²) in [6.45, 7) is -0.488. The number of amides is 1. The summed E-state index contributed by atoms with van der Waals surface area (Å²) in [6, 6.07) is 6.47. The second-order valence-electron chi connectivity index (χ2n) is 4.96. The molecular weight excluding hydrogens is 348 g/mol. The number of carbonyl (C=O) groups is 2. The summed E-state index contributed by atoms with van der Waals surface area (Å²) < 4.78 is 9.97. The van der Waals surface area contributed by atoms with Crippen molar-refractivity contribution in [3.8, 4) is 5.75 Å². The first-order chi connectivity index (χ1) is 12.0. The number of halogens is 1. The van der Waals surface area contributed by atoms with Gasteiger partial charge in [0.25, 0.3) is 5.91 Å². The van der Waals surface area contributed by atoms with Crippen LogP contribution in [0.25, 0.3) is 0 Å². The molecule has 2 aromatic rings. The first-order valence-corrected chi connectivity index (χ1v) is 7.64. The fourth-order valence-electron chi connectivity index (χ4n) is 1.89. The number of nitrogens with zero attached hydrogens (tertiary/aromatic N) is 3. The number of carbonyl (C=O) groups excluding carboxylic acids is 2. The van der Waals surface area contributed by atoms with Crippen molar-refractivity contribution >= 4 is 35.1 Å². The summed E-state index contributed by atoms with van der Waals surface area (Å²) in [7, 11) is 3.15. The topological polar surface area (TPSA) is 93.6 Å². The molecule has 0 saturated carbocycles. The highest BCUT2D eigenvalue weighted by Crippen LogP contribution is 2.27. The lowest BCUT2D eigenvalue weighted by Gasteiger charge is -2.15. The van der Waals surface area contributed by atoms with Crippen LogP contribution in [-0.2, 0) is 14.3 Å². The molecule has 2 rings (SSSR count). The fraction of sp³-hybridized carbons (Fsp3) is 0.250. The number of nitrogens with one attached hydrogen (secondary N) is 1. The molecule has 1 N–H and O–H groups in total. The van der Waals surface area contributed by atoms with Crippen LogP contribution >= 0.6 is 11.6 Å². The number of hydrogen-bond acceptors (Lipinski definition) is 7. The zero-order chi connectivity index (χ0) is 18.2. The summed E-state index contributed by atoms with van der Waals surface area (Å²) in [5.41, 5.74) is 0.474. The van der Waals surface area contributed by atoms with E-state index in [-0.39, 0.29) is 6.54 Å². The molecule has 1 aromatic heterocycles. The average molecular weight is 365 g/mol. The predicted octanol–water partition coefficient (Wildman–Crippen LogP) is 1.76. The molecule has 25 heavy (non-hydrogen) atoms. The van der Waals surface area contributed by atoms with Crippen LogP contribution in [0.15, 0.2) is 36.7 Å². The smallest absolute Gasteiger partial charge is 0.326 e. The van der Waals surface area contributed by atoms with E-state index in [0.717, 1.165) is 0 Å². The summed E-state index contributed by atoms with van der Waals surface area (Å²) in [5, 5.41) is 2.94. The van der Waals surface area contributed by atoms with E-state index in [9.17, 15) is 9.59 Å². The van der Waals surface area contributed by atoms with Crippen LogP contribution in [0.2, 0.25) is 5.02 Å². The van der Waals surface area contributed by atoms with Gasteiger partial charge in [-0.05, 0) is 24.3 Å². The number of likely N-dealkylation sites (N-methyl/N-ethyl adjacent to an activating group) is 1. The highest BCUT2D eigenvalue weighted by atomic mass is 35.5. The second-order valence-corrected chi connectivity index (χ2v) is 5.37. The van der Waals surface area contributed by atoms with Crippen LogP contribution in [0.5, 0.6) is 5.75 Å². The Bertz CT molecular complexity index is 742. The van der Waals surface area contributed by atoms with E-state index in [1.165, 1.54) is 12.0 Å². The molecule has 0 spiro atoms. The van der Waals surface area contributed by atoms with Gasteiger partial charge in [-0.25, -0.2) is 9.97 Å². The van der Waals surface area contributed by atoms with E-state index in [2.05, 4.69) is 15.3 Å². The summed E-state index contributed by atoms with van der Waals surface area (Å²) in [5.74, 6) is -0.167. The number of aromatic nitrogens is 2. The number of benzene rings is 1. The normalized spacial score (nSPS) is 10.0. The van der Waals surface area contributed by atoms with E-state index >= 15 is 0 Å². The van der Waals surface area contributed by atoms with Crippen LogP contribution in [0.1, 0.15) is 0 Å². The van der Waals surface area contributed by atoms with Gasteiger partial charge in [-0.15, -0.1) is 0 Å². The fourth-order valence-corrected chi connectivity index (χ4v) is 2.14. The molecule has 0 unspecified atom stereocenters. The molecule has 0 fully saturated rings. The predicted molar refractivity (Wildman–Crippen MR) is 92.9 cm³/mol. The lowest BCUT2D eigenvalue weighted by atomic mass is 10.3. The molecule has 1 amide bonds. The van der Waals surface area contributed by atoms with Crippen molar-refractivity contribution in [1.29, 1.82) is 0 Å². The molecule has 0 radical (unpaired) electrons. The Morgan fingerprint density at radius 2 is 2.00 bits per heavy atom. The molecular formula is C16H17ClN4O4. The van der Waals surface area contributed by atoms with Crippen LogP contribution < -0.4 is 15.0 Å². The van der Waals surface area contributed by atoms with E-state index in [1.807, 2.05) is 0 Å². The Morgan fingerprint density at radius 1 is 1.28 bits per heavy atom. The maximum atomic E-state index is 11.8. The first-order valence-electron chi connectivity index (χ1n) is 7.26. The van der Waals surface area contributed by atoms with Crippen molar-refractivity contribution in [2.75, 3.05) is 37.5 Å². The minimum Gasteiger partial charge on any atom is -0.495 e. The minimum atomic E-state index is -0.571. The van der Waals surface area contributed by atoms with Gasteiger partial charge in [-0.1, -0.05) is 11.6 Å². The average Bonchev–Trinajstić information content (AvgIpc) is 2.61. The van der Waals surface area contributed by atoms with Gasteiger partial charge in [0.1, 0.15) is 12.3 Å². The van der Waals surface area contributed by atoms with Gasteiger partial charge in [-0.2, -0.15) is 0 Å². The van der Waals surface area contributed by atoms with Gasteiger partial charge in [-0.3, -0.25) is 9.59 Å². The van der Waals surface area contributed by atoms with Gasteiger partial charge in [0.2, 0.25) is 5.95 Å². The van der Waals surface area contributed by atoms with Crippen molar-refractivity contribution in [2.24, 2.45) is 0 Å². The van der Waals surface area contributed by atoms with Crippen molar-refractivity contribution in [3.63, 3.8) is 0 Å². The first kappa shape index (κ1) is 18.5. The summed E-state index contributed by atoms with van der Waals surface area (Å²) >= 11 is 5.98. The van der Waals surface area contributed by atoms with Gasteiger partial charge in [0.05, 0.1) is 12.1 Å². The lowest BCUT2D eigenvalue weighted by molar-refractivity contribution is -0.145.